The smallest absolute Gasteiger partial charge is 0.272 e. The fraction of sp³-hybridized carbons (Fsp3) is 0.389. The summed E-state index contributed by atoms with van der Waals surface area (Å²) in [5.41, 5.74) is -0.519. The zero-order chi connectivity index (χ0) is 18.0. The van der Waals surface area contributed by atoms with E-state index in [4.69, 9.17) is 0 Å². The Morgan fingerprint density at radius 2 is 2.00 bits per heavy atom. The molecule has 7 heteroatoms. The van der Waals surface area contributed by atoms with E-state index in [2.05, 4.69) is 9.97 Å². The van der Waals surface area contributed by atoms with Gasteiger partial charge in [-0.15, -0.1) is 0 Å². The first kappa shape index (κ1) is 17.4. The number of piperidine rings is 1. The first-order chi connectivity index (χ1) is 11.9. The highest BCUT2D eigenvalue weighted by atomic mass is 19.1. The largest absolute Gasteiger partial charge is 0.389 e. The van der Waals surface area contributed by atoms with E-state index in [-0.39, 0.29) is 17.9 Å². The summed E-state index contributed by atoms with van der Waals surface area (Å²) in [6.45, 7) is 2.41. The Morgan fingerprint density at radius 1 is 1.28 bits per heavy atom. The molecule has 0 saturated carbocycles. The average molecular weight is 347 g/mol. The lowest BCUT2D eigenvalue weighted by atomic mass is 9.85. The predicted molar refractivity (Wildman–Crippen MR) is 86.9 cm³/mol. The lowest BCUT2D eigenvalue weighted by Crippen LogP contribution is -2.48. The van der Waals surface area contributed by atoms with E-state index in [9.17, 15) is 18.7 Å². The van der Waals surface area contributed by atoms with E-state index in [0.717, 1.165) is 6.07 Å². The van der Waals surface area contributed by atoms with Crippen LogP contribution in [0.3, 0.4) is 0 Å². The number of halogens is 2. The zero-order valence-corrected chi connectivity index (χ0v) is 13.9. The van der Waals surface area contributed by atoms with Gasteiger partial charge in [0.15, 0.2) is 0 Å². The molecule has 2 heterocycles. The van der Waals surface area contributed by atoms with Gasteiger partial charge in [0.1, 0.15) is 23.2 Å². The van der Waals surface area contributed by atoms with E-state index in [0.29, 0.717) is 37.4 Å². The molecule has 1 amide bonds. The SMILES string of the molecule is Cc1nccc(C(=O)N2CCC(O)(Cc3ccc(F)cc3F)CC2)n1. The van der Waals surface area contributed by atoms with Gasteiger partial charge in [-0.2, -0.15) is 0 Å². The number of nitrogens with zero attached hydrogens (tertiary/aromatic N) is 3. The lowest BCUT2D eigenvalue weighted by Gasteiger charge is -2.38. The van der Waals surface area contributed by atoms with Crippen LogP contribution in [-0.4, -0.2) is 44.6 Å². The van der Waals surface area contributed by atoms with Crippen molar-refractivity contribution in [2.24, 2.45) is 0 Å². The Balaban J connectivity index is 1.65. The number of likely N-dealkylation sites (tertiary alicyclic amines) is 1. The van der Waals surface area contributed by atoms with Crippen LogP contribution < -0.4 is 0 Å². The first-order valence-corrected chi connectivity index (χ1v) is 8.12. The maximum Gasteiger partial charge on any atom is 0.272 e. The lowest BCUT2D eigenvalue weighted by molar-refractivity contribution is -0.0169. The van der Waals surface area contributed by atoms with Gasteiger partial charge in [-0.25, -0.2) is 18.7 Å². The second-order valence-corrected chi connectivity index (χ2v) is 6.42. The van der Waals surface area contributed by atoms with Gasteiger partial charge in [-0.05, 0) is 37.5 Å². The van der Waals surface area contributed by atoms with E-state index in [1.807, 2.05) is 0 Å². The average Bonchev–Trinajstić information content (AvgIpc) is 2.57. The summed E-state index contributed by atoms with van der Waals surface area (Å²) in [6.07, 6.45) is 2.26. The van der Waals surface area contributed by atoms with Crippen LogP contribution in [0.4, 0.5) is 8.78 Å². The third kappa shape index (κ3) is 3.99. The van der Waals surface area contributed by atoms with Gasteiger partial charge in [-0.3, -0.25) is 4.79 Å². The molecule has 1 aromatic carbocycles. The summed E-state index contributed by atoms with van der Waals surface area (Å²) in [5.74, 6) is -0.996. The minimum Gasteiger partial charge on any atom is -0.389 e. The fourth-order valence-electron chi connectivity index (χ4n) is 3.06. The van der Waals surface area contributed by atoms with E-state index >= 15 is 0 Å². The second-order valence-electron chi connectivity index (χ2n) is 6.42. The van der Waals surface area contributed by atoms with Crippen molar-refractivity contribution in [2.45, 2.75) is 31.8 Å². The molecule has 0 aliphatic carbocycles. The number of hydrogen-bond acceptors (Lipinski definition) is 4. The topological polar surface area (TPSA) is 66.3 Å². The number of aliphatic hydroxyl groups is 1. The monoisotopic (exact) mass is 347 g/mol. The summed E-state index contributed by atoms with van der Waals surface area (Å²) in [7, 11) is 0. The molecule has 1 aromatic heterocycles. The van der Waals surface area contributed by atoms with Crippen LogP contribution in [0.2, 0.25) is 0 Å². The van der Waals surface area contributed by atoms with Crippen LogP contribution >= 0.6 is 0 Å². The minimum atomic E-state index is -1.11. The molecule has 0 spiro atoms. The van der Waals surface area contributed by atoms with Crippen LogP contribution in [0.15, 0.2) is 30.5 Å². The molecule has 132 valence electrons. The summed E-state index contributed by atoms with van der Waals surface area (Å²) in [6, 6.07) is 4.90. The maximum absolute atomic E-state index is 13.8. The Kier molecular flexibility index (Phi) is 4.76. The normalized spacial score (nSPS) is 16.7. The van der Waals surface area contributed by atoms with Crippen LogP contribution in [0.5, 0.6) is 0 Å². The summed E-state index contributed by atoms with van der Waals surface area (Å²) >= 11 is 0. The van der Waals surface area contributed by atoms with Crippen molar-refractivity contribution in [1.29, 1.82) is 0 Å². The van der Waals surface area contributed by atoms with Crippen LogP contribution in [0.25, 0.3) is 0 Å². The quantitative estimate of drug-likeness (QED) is 0.925. The zero-order valence-electron chi connectivity index (χ0n) is 13.9. The Morgan fingerprint density at radius 3 is 2.64 bits per heavy atom. The summed E-state index contributed by atoms with van der Waals surface area (Å²) < 4.78 is 26.8. The molecule has 3 rings (SSSR count). The third-order valence-corrected chi connectivity index (χ3v) is 4.51. The van der Waals surface area contributed by atoms with Crippen LogP contribution in [-0.2, 0) is 6.42 Å². The molecule has 1 fully saturated rings. The van der Waals surface area contributed by atoms with Crippen molar-refractivity contribution >= 4 is 5.91 Å². The number of aromatic nitrogens is 2. The third-order valence-electron chi connectivity index (χ3n) is 4.51. The van der Waals surface area contributed by atoms with Crippen LogP contribution in [0, 0.1) is 18.6 Å². The first-order valence-electron chi connectivity index (χ1n) is 8.12. The van der Waals surface area contributed by atoms with Crippen molar-refractivity contribution < 1.29 is 18.7 Å². The minimum absolute atomic E-state index is 0.0910. The van der Waals surface area contributed by atoms with Gasteiger partial charge in [0.2, 0.25) is 0 Å². The highest BCUT2D eigenvalue weighted by Crippen LogP contribution is 2.28. The van der Waals surface area contributed by atoms with E-state index in [1.165, 1.54) is 18.3 Å². The van der Waals surface area contributed by atoms with Gasteiger partial charge < -0.3 is 10.0 Å². The number of carbonyl (C=O) groups excluding carboxylic acids is 1. The number of amides is 1. The number of aryl methyl sites for hydroxylation is 1. The standard InChI is InChI=1S/C18H19F2N3O2/c1-12-21-7-4-16(22-12)17(24)23-8-5-18(25,6-9-23)11-13-2-3-14(19)10-15(13)20/h2-4,7,10,25H,5-6,8-9,11H2,1H3. The van der Waals surface area contributed by atoms with Gasteiger partial charge >= 0.3 is 0 Å². The van der Waals surface area contributed by atoms with Gasteiger partial charge in [0.05, 0.1) is 5.60 Å². The van der Waals surface area contributed by atoms with Crippen molar-refractivity contribution in [2.75, 3.05) is 13.1 Å². The van der Waals surface area contributed by atoms with Gasteiger partial charge in [-0.1, -0.05) is 6.07 Å². The molecule has 0 radical (unpaired) electrons. The molecular formula is C18H19F2N3O2. The summed E-state index contributed by atoms with van der Waals surface area (Å²) in [4.78, 5) is 22.2. The molecular weight excluding hydrogens is 328 g/mol. The van der Waals surface area contributed by atoms with Crippen molar-refractivity contribution in [1.82, 2.24) is 14.9 Å². The molecule has 0 unspecified atom stereocenters. The number of benzene rings is 1. The fourth-order valence-corrected chi connectivity index (χ4v) is 3.06. The molecule has 2 aromatic rings. The van der Waals surface area contributed by atoms with Crippen molar-refractivity contribution in [3.8, 4) is 0 Å². The Labute approximate surface area is 144 Å². The molecule has 0 atom stereocenters. The Hall–Kier alpha value is -2.41. The molecule has 0 bridgehead atoms. The Bertz CT molecular complexity index is 790. The summed E-state index contributed by atoms with van der Waals surface area (Å²) in [5, 5.41) is 10.7. The molecule has 1 saturated heterocycles. The van der Waals surface area contributed by atoms with Crippen molar-refractivity contribution in [3.63, 3.8) is 0 Å². The highest BCUT2D eigenvalue weighted by Gasteiger charge is 2.35. The van der Waals surface area contributed by atoms with Crippen LogP contribution in [0.1, 0.15) is 34.7 Å². The molecule has 1 aliphatic rings. The predicted octanol–water partition coefficient (Wildman–Crippen LogP) is 2.27. The molecule has 5 nitrogen and oxygen atoms in total. The van der Waals surface area contributed by atoms with E-state index in [1.54, 1.807) is 17.9 Å². The van der Waals surface area contributed by atoms with E-state index < -0.39 is 17.2 Å². The maximum atomic E-state index is 13.8. The number of carbonyl (C=O) groups is 1. The molecule has 25 heavy (non-hydrogen) atoms. The van der Waals surface area contributed by atoms with Gasteiger partial charge in [0.25, 0.3) is 5.91 Å². The van der Waals surface area contributed by atoms with Crippen molar-refractivity contribution in [3.05, 3.63) is 59.2 Å². The second kappa shape index (κ2) is 6.84. The number of hydrogen-bond donors (Lipinski definition) is 1. The molecule has 1 N–H and O–H groups in total. The number of rotatable bonds is 3. The highest BCUT2D eigenvalue weighted by molar-refractivity contribution is 5.92. The molecule has 1 aliphatic heterocycles. The van der Waals surface area contributed by atoms with Gasteiger partial charge in [0, 0.05) is 31.8 Å².